The van der Waals surface area contributed by atoms with Crippen LogP contribution in [0.2, 0.25) is 5.02 Å². The molecule has 10 heteroatoms. The van der Waals surface area contributed by atoms with E-state index in [0.29, 0.717) is 22.0 Å². The van der Waals surface area contributed by atoms with Crippen molar-refractivity contribution >= 4 is 28.2 Å². The van der Waals surface area contributed by atoms with Crippen LogP contribution < -0.4 is 10.5 Å². The number of nitrogens with zero attached hydrogens (tertiary/aromatic N) is 1. The van der Waals surface area contributed by atoms with Gasteiger partial charge in [0.05, 0.1) is 22.1 Å². The minimum Gasteiger partial charge on any atom is -0.355 e. The summed E-state index contributed by atoms with van der Waals surface area (Å²) >= 11 is 6.27. The Morgan fingerprint density at radius 3 is 2.26 bits per heavy atom. The maximum atomic E-state index is 13.4. The van der Waals surface area contributed by atoms with Crippen molar-refractivity contribution in [2.75, 3.05) is 11.4 Å². The van der Waals surface area contributed by atoms with Gasteiger partial charge in [0.25, 0.3) is 0 Å². The van der Waals surface area contributed by atoms with E-state index in [1.807, 2.05) is 0 Å². The number of hydrogen-bond donors (Lipinski definition) is 1. The summed E-state index contributed by atoms with van der Waals surface area (Å²) in [4.78, 5) is 15.5. The highest BCUT2D eigenvalue weighted by Gasteiger charge is 2.44. The fourth-order valence-corrected chi connectivity index (χ4v) is 4.63. The molecule has 1 aliphatic rings. The van der Waals surface area contributed by atoms with Crippen molar-refractivity contribution in [2.24, 2.45) is 0 Å². The minimum atomic E-state index is -4.55. The van der Waals surface area contributed by atoms with Gasteiger partial charge < -0.3 is 9.88 Å². The van der Waals surface area contributed by atoms with Crippen LogP contribution in [0.1, 0.15) is 35.6 Å². The van der Waals surface area contributed by atoms with Gasteiger partial charge >= 0.3 is 12.4 Å². The topological polar surface area (TPSA) is 36.1 Å². The number of halogens is 7. The first-order valence-corrected chi connectivity index (χ1v) is 9.60. The molecule has 164 valence electrons. The van der Waals surface area contributed by atoms with Crippen LogP contribution in [-0.2, 0) is 6.18 Å². The Hall–Kier alpha value is -2.68. The highest BCUT2D eigenvalue weighted by molar-refractivity contribution is 6.35. The molecule has 0 amide bonds. The van der Waals surface area contributed by atoms with E-state index in [-0.39, 0.29) is 10.7 Å². The van der Waals surface area contributed by atoms with Crippen molar-refractivity contribution in [2.45, 2.75) is 31.2 Å². The summed E-state index contributed by atoms with van der Waals surface area (Å²) in [6.45, 7) is 0.404. The number of pyridine rings is 1. The molecule has 0 aliphatic carbocycles. The number of alkyl halides is 6. The monoisotopic (exact) mass is 460 g/mol. The Kier molecular flexibility index (Phi) is 4.99. The maximum absolute atomic E-state index is 13.4. The number of benzene rings is 2. The lowest BCUT2D eigenvalue weighted by atomic mass is 9.89. The molecule has 3 nitrogen and oxygen atoms in total. The zero-order valence-corrected chi connectivity index (χ0v) is 16.7. The first-order valence-electron chi connectivity index (χ1n) is 9.23. The summed E-state index contributed by atoms with van der Waals surface area (Å²) in [6.07, 6.45) is -9.10. The Labute approximate surface area is 177 Å². The first kappa shape index (κ1) is 21.5. The molecule has 1 aliphatic heterocycles. The Morgan fingerprint density at radius 1 is 1.03 bits per heavy atom. The zero-order chi connectivity index (χ0) is 22.7. The normalized spacial score (nSPS) is 19.2. The van der Waals surface area contributed by atoms with Crippen LogP contribution in [0.5, 0.6) is 0 Å². The smallest absolute Gasteiger partial charge is 0.355 e. The van der Waals surface area contributed by atoms with Gasteiger partial charge in [-0.05, 0) is 35.4 Å². The molecule has 1 N–H and O–H groups in total. The molecule has 4 rings (SSSR count). The van der Waals surface area contributed by atoms with E-state index < -0.39 is 42.0 Å². The number of fused-ring (bicyclic) bond motifs is 3. The zero-order valence-electron chi connectivity index (χ0n) is 15.9. The summed E-state index contributed by atoms with van der Waals surface area (Å²) in [5.74, 6) is -0.541. The van der Waals surface area contributed by atoms with Crippen molar-refractivity contribution < 1.29 is 26.3 Å². The molecule has 31 heavy (non-hydrogen) atoms. The van der Waals surface area contributed by atoms with E-state index in [2.05, 4.69) is 4.98 Å². The van der Waals surface area contributed by atoms with Gasteiger partial charge in [-0.15, -0.1) is 0 Å². The minimum absolute atomic E-state index is 0.0995. The van der Waals surface area contributed by atoms with Crippen LogP contribution in [0.15, 0.2) is 47.3 Å². The lowest BCUT2D eigenvalue weighted by Crippen LogP contribution is -2.35. The molecule has 0 spiro atoms. The average molecular weight is 461 g/mol. The van der Waals surface area contributed by atoms with Gasteiger partial charge in [0.1, 0.15) is 6.54 Å². The number of nitrogens with one attached hydrogen (secondary N) is 1. The van der Waals surface area contributed by atoms with Crippen LogP contribution in [-0.4, -0.2) is 17.7 Å². The van der Waals surface area contributed by atoms with Crippen LogP contribution >= 0.6 is 11.6 Å². The molecule has 0 bridgehead atoms. The lowest BCUT2D eigenvalue weighted by Gasteiger charge is -2.30. The Bertz CT molecular complexity index is 1200. The Morgan fingerprint density at radius 2 is 1.68 bits per heavy atom. The number of rotatable bonds is 2. The van der Waals surface area contributed by atoms with Gasteiger partial charge in [-0.3, -0.25) is 4.79 Å². The molecule has 0 radical (unpaired) electrons. The van der Waals surface area contributed by atoms with Gasteiger partial charge in [-0.2, -0.15) is 26.3 Å². The summed E-state index contributed by atoms with van der Waals surface area (Å²) in [7, 11) is 0. The van der Waals surface area contributed by atoms with Gasteiger partial charge in [-0.1, -0.05) is 30.7 Å². The molecular formula is C21H15ClF6N2O. The van der Waals surface area contributed by atoms with E-state index in [1.54, 1.807) is 6.92 Å². The van der Waals surface area contributed by atoms with Crippen molar-refractivity contribution in [1.82, 2.24) is 4.98 Å². The van der Waals surface area contributed by atoms with Crippen molar-refractivity contribution in [3.63, 3.8) is 0 Å². The molecule has 2 aromatic carbocycles. The quantitative estimate of drug-likeness (QED) is 0.447. The van der Waals surface area contributed by atoms with E-state index >= 15 is 0 Å². The van der Waals surface area contributed by atoms with Crippen LogP contribution in [0, 0.1) is 0 Å². The lowest BCUT2D eigenvalue weighted by molar-refractivity contribution is -0.137. The molecule has 0 saturated carbocycles. The number of H-pyrrole nitrogens is 1. The third-order valence-electron chi connectivity index (χ3n) is 5.48. The highest BCUT2D eigenvalue weighted by atomic mass is 35.5. The average Bonchev–Trinajstić information content (AvgIpc) is 2.91. The van der Waals surface area contributed by atoms with Gasteiger partial charge in [-0.25, -0.2) is 0 Å². The van der Waals surface area contributed by atoms with E-state index in [9.17, 15) is 31.1 Å². The first-order chi connectivity index (χ1) is 14.4. The van der Waals surface area contributed by atoms with Crippen molar-refractivity contribution in [3.05, 3.63) is 74.5 Å². The second kappa shape index (κ2) is 7.19. The van der Waals surface area contributed by atoms with Gasteiger partial charge in [0, 0.05) is 23.1 Å². The fourth-order valence-electron chi connectivity index (χ4n) is 4.33. The van der Waals surface area contributed by atoms with E-state index in [4.69, 9.17) is 11.6 Å². The number of anilines is 1. The predicted octanol–water partition coefficient (Wildman–Crippen LogP) is 6.43. The SMILES string of the molecule is CC1c2c(ccc3[nH]c(=O)cc(Cl)c23)N(CC(F)(F)F)C1c1ccc(C(F)(F)F)cc1. The summed E-state index contributed by atoms with van der Waals surface area (Å²) in [5.41, 5.74) is 0.143. The van der Waals surface area contributed by atoms with Gasteiger partial charge in [0.15, 0.2) is 0 Å². The van der Waals surface area contributed by atoms with E-state index in [0.717, 1.165) is 23.1 Å². The fraction of sp³-hybridized carbons (Fsp3) is 0.286. The summed E-state index contributed by atoms with van der Waals surface area (Å²) in [5, 5.41) is 0.523. The van der Waals surface area contributed by atoms with Gasteiger partial charge in [0.2, 0.25) is 5.56 Å². The molecule has 3 aromatic rings. The standard InChI is InChI=1S/C21H15ClF6N2O/c1-10-17-15(7-6-14-18(17)13(22)8-16(31)29-14)30(9-20(23,24)25)19(10)11-2-4-12(5-3-11)21(26,27)28/h2-8,10,19H,9H2,1H3,(H,29,31). The number of aromatic amines is 1. The third-order valence-corrected chi connectivity index (χ3v) is 5.78. The second-order valence-corrected chi connectivity index (χ2v) is 7.91. The second-order valence-electron chi connectivity index (χ2n) is 7.50. The highest BCUT2D eigenvalue weighted by Crippen LogP contribution is 2.53. The molecular weight excluding hydrogens is 446 g/mol. The molecule has 0 fully saturated rings. The maximum Gasteiger partial charge on any atom is 0.416 e. The molecule has 2 unspecified atom stereocenters. The van der Waals surface area contributed by atoms with Crippen molar-refractivity contribution in [3.8, 4) is 0 Å². The van der Waals surface area contributed by atoms with Crippen LogP contribution in [0.25, 0.3) is 10.9 Å². The predicted molar refractivity (Wildman–Crippen MR) is 106 cm³/mol. The summed E-state index contributed by atoms with van der Waals surface area (Å²) < 4.78 is 79.1. The molecule has 2 heterocycles. The van der Waals surface area contributed by atoms with Crippen molar-refractivity contribution in [1.29, 1.82) is 0 Å². The largest absolute Gasteiger partial charge is 0.416 e. The molecule has 0 saturated heterocycles. The summed E-state index contributed by atoms with van der Waals surface area (Å²) in [6, 6.07) is 7.35. The van der Waals surface area contributed by atoms with Crippen LogP contribution in [0.4, 0.5) is 32.0 Å². The van der Waals surface area contributed by atoms with Crippen LogP contribution in [0.3, 0.4) is 0 Å². The third kappa shape index (κ3) is 3.86. The van der Waals surface area contributed by atoms with E-state index in [1.165, 1.54) is 24.3 Å². The molecule has 1 aromatic heterocycles. The number of aromatic nitrogens is 1. The Balaban J connectivity index is 1.90. The molecule has 2 atom stereocenters. The number of hydrogen-bond acceptors (Lipinski definition) is 2.